The summed E-state index contributed by atoms with van der Waals surface area (Å²) >= 11 is 0. The molecule has 0 amide bonds. The van der Waals surface area contributed by atoms with E-state index in [4.69, 9.17) is 0 Å². The Morgan fingerprint density at radius 1 is 1.06 bits per heavy atom. The first-order chi connectivity index (χ1) is 7.74. The van der Waals surface area contributed by atoms with E-state index in [1.807, 2.05) is 0 Å². The van der Waals surface area contributed by atoms with Gasteiger partial charge in [-0.25, -0.2) is 0 Å². The number of carbonyl (C=O) groups is 2. The van der Waals surface area contributed by atoms with Gasteiger partial charge < -0.3 is 0 Å². The van der Waals surface area contributed by atoms with Crippen molar-refractivity contribution in [2.45, 2.75) is 26.2 Å². The van der Waals surface area contributed by atoms with E-state index in [1.165, 1.54) is 6.08 Å². The fourth-order valence-corrected chi connectivity index (χ4v) is 1.92. The molecule has 0 saturated carbocycles. The van der Waals surface area contributed by atoms with Crippen LogP contribution in [0.4, 0.5) is 0 Å². The van der Waals surface area contributed by atoms with Crippen LogP contribution in [0.2, 0.25) is 0 Å². The lowest BCUT2D eigenvalue weighted by Crippen LogP contribution is -2.16. The van der Waals surface area contributed by atoms with Gasteiger partial charge in [0.2, 0.25) is 0 Å². The number of rotatable bonds is 3. The Morgan fingerprint density at radius 2 is 1.75 bits per heavy atom. The summed E-state index contributed by atoms with van der Waals surface area (Å²) < 4.78 is 0. The van der Waals surface area contributed by atoms with E-state index in [0.717, 1.165) is 12.8 Å². The summed E-state index contributed by atoms with van der Waals surface area (Å²) in [4.78, 5) is 23.8. The molecule has 0 atom stereocenters. The van der Waals surface area contributed by atoms with Crippen LogP contribution in [0, 0.1) is 0 Å². The van der Waals surface area contributed by atoms with Crippen LogP contribution in [-0.4, -0.2) is 11.6 Å². The molecule has 2 heteroatoms. The molecule has 0 N–H and O–H groups in total. The zero-order valence-corrected chi connectivity index (χ0v) is 9.32. The summed E-state index contributed by atoms with van der Waals surface area (Å²) in [6, 6.07) is 7.03. The number of unbranched alkanes of at least 4 members (excludes halogenated alkanes) is 1. The highest BCUT2D eigenvalue weighted by Gasteiger charge is 2.24. The first-order valence-electron chi connectivity index (χ1n) is 5.62. The predicted octanol–water partition coefficient (Wildman–Crippen LogP) is 3.18. The summed E-state index contributed by atoms with van der Waals surface area (Å²) in [5, 5.41) is 0. The molecule has 0 unspecified atom stereocenters. The third-order valence-electron chi connectivity index (χ3n) is 2.83. The van der Waals surface area contributed by atoms with E-state index in [1.54, 1.807) is 24.3 Å². The SMILES string of the molecule is CCCCC1=CC(=O)c2ccccc2C1=O. The normalized spacial score (nSPS) is 14.7. The second-order valence-electron chi connectivity index (χ2n) is 4.01. The van der Waals surface area contributed by atoms with Gasteiger partial charge in [-0.3, -0.25) is 9.59 Å². The predicted molar refractivity (Wildman–Crippen MR) is 62.7 cm³/mol. The highest BCUT2D eigenvalue weighted by molar-refractivity contribution is 6.24. The lowest BCUT2D eigenvalue weighted by molar-refractivity contribution is 0.0981. The van der Waals surface area contributed by atoms with Crippen LogP contribution >= 0.6 is 0 Å². The van der Waals surface area contributed by atoms with Gasteiger partial charge in [0.15, 0.2) is 11.6 Å². The molecule has 0 fully saturated rings. The van der Waals surface area contributed by atoms with Crippen molar-refractivity contribution < 1.29 is 9.59 Å². The molecular formula is C14H14O2. The Bertz CT molecular complexity index is 469. The molecule has 0 spiro atoms. The molecule has 1 aromatic rings. The summed E-state index contributed by atoms with van der Waals surface area (Å²) in [5.41, 5.74) is 1.75. The van der Waals surface area contributed by atoms with E-state index in [-0.39, 0.29) is 11.6 Å². The Morgan fingerprint density at radius 3 is 2.44 bits per heavy atom. The Balaban J connectivity index is 2.36. The number of benzene rings is 1. The number of Topliss-reactive ketones (excluding diaryl/α,β-unsaturated/α-hetero) is 1. The first-order valence-corrected chi connectivity index (χ1v) is 5.62. The molecule has 0 aromatic heterocycles. The second-order valence-corrected chi connectivity index (χ2v) is 4.01. The van der Waals surface area contributed by atoms with E-state index in [9.17, 15) is 9.59 Å². The van der Waals surface area contributed by atoms with Crippen LogP contribution in [0.5, 0.6) is 0 Å². The number of hydrogen-bond donors (Lipinski definition) is 0. The van der Waals surface area contributed by atoms with Crippen molar-refractivity contribution in [3.05, 3.63) is 47.0 Å². The molecule has 0 aliphatic heterocycles. The average molecular weight is 214 g/mol. The largest absolute Gasteiger partial charge is 0.289 e. The monoisotopic (exact) mass is 214 g/mol. The van der Waals surface area contributed by atoms with Crippen LogP contribution in [0.15, 0.2) is 35.9 Å². The van der Waals surface area contributed by atoms with Gasteiger partial charge in [-0.15, -0.1) is 0 Å². The van der Waals surface area contributed by atoms with Gasteiger partial charge >= 0.3 is 0 Å². The minimum atomic E-state index is -0.0405. The summed E-state index contributed by atoms with van der Waals surface area (Å²) in [6.45, 7) is 2.07. The lowest BCUT2D eigenvalue weighted by Gasteiger charge is -2.14. The van der Waals surface area contributed by atoms with Crippen LogP contribution in [0.25, 0.3) is 0 Å². The molecule has 2 rings (SSSR count). The maximum absolute atomic E-state index is 12.0. The lowest BCUT2D eigenvalue weighted by atomic mass is 9.87. The van der Waals surface area contributed by atoms with Crippen LogP contribution in [-0.2, 0) is 0 Å². The third kappa shape index (κ3) is 1.83. The van der Waals surface area contributed by atoms with Gasteiger partial charge in [-0.1, -0.05) is 37.6 Å². The quantitative estimate of drug-likeness (QED) is 0.774. The zero-order chi connectivity index (χ0) is 11.5. The Kier molecular flexibility index (Phi) is 3.00. The summed E-state index contributed by atoms with van der Waals surface area (Å²) in [6.07, 6.45) is 4.18. The minimum absolute atomic E-state index is 0.0173. The highest BCUT2D eigenvalue weighted by atomic mass is 16.1. The number of carbonyl (C=O) groups excluding carboxylic acids is 2. The van der Waals surface area contributed by atoms with Crippen molar-refractivity contribution >= 4 is 11.6 Å². The van der Waals surface area contributed by atoms with Crippen molar-refractivity contribution in [3.8, 4) is 0 Å². The van der Waals surface area contributed by atoms with Crippen LogP contribution in [0.1, 0.15) is 46.9 Å². The number of allylic oxidation sites excluding steroid dienone is 2. The average Bonchev–Trinajstić information content (AvgIpc) is 2.32. The van der Waals surface area contributed by atoms with Gasteiger partial charge in [-0.05, 0) is 18.9 Å². The minimum Gasteiger partial charge on any atom is -0.289 e. The van der Waals surface area contributed by atoms with Crippen molar-refractivity contribution in [3.63, 3.8) is 0 Å². The third-order valence-corrected chi connectivity index (χ3v) is 2.83. The van der Waals surface area contributed by atoms with Gasteiger partial charge in [0.25, 0.3) is 0 Å². The van der Waals surface area contributed by atoms with Gasteiger partial charge in [0, 0.05) is 16.7 Å². The molecule has 16 heavy (non-hydrogen) atoms. The van der Waals surface area contributed by atoms with E-state index < -0.39 is 0 Å². The Labute approximate surface area is 95.0 Å². The fourth-order valence-electron chi connectivity index (χ4n) is 1.92. The van der Waals surface area contributed by atoms with Crippen molar-refractivity contribution in [2.24, 2.45) is 0 Å². The number of ketones is 2. The number of hydrogen-bond acceptors (Lipinski definition) is 2. The number of fused-ring (bicyclic) bond motifs is 1. The highest BCUT2D eigenvalue weighted by Crippen LogP contribution is 2.23. The van der Waals surface area contributed by atoms with Crippen molar-refractivity contribution in [2.75, 3.05) is 0 Å². The van der Waals surface area contributed by atoms with E-state index in [0.29, 0.717) is 23.1 Å². The van der Waals surface area contributed by atoms with E-state index in [2.05, 4.69) is 6.92 Å². The second kappa shape index (κ2) is 4.44. The maximum Gasteiger partial charge on any atom is 0.189 e. The first kappa shape index (κ1) is 10.8. The molecule has 1 aliphatic carbocycles. The van der Waals surface area contributed by atoms with Gasteiger partial charge in [0.1, 0.15) is 0 Å². The van der Waals surface area contributed by atoms with E-state index >= 15 is 0 Å². The molecule has 0 radical (unpaired) electrons. The van der Waals surface area contributed by atoms with Gasteiger partial charge in [-0.2, -0.15) is 0 Å². The summed E-state index contributed by atoms with van der Waals surface area (Å²) in [5.74, 6) is -0.0232. The molecular weight excluding hydrogens is 200 g/mol. The molecule has 0 saturated heterocycles. The zero-order valence-electron chi connectivity index (χ0n) is 9.32. The topological polar surface area (TPSA) is 34.1 Å². The Hall–Kier alpha value is -1.70. The van der Waals surface area contributed by atoms with Gasteiger partial charge in [0.05, 0.1) is 0 Å². The fraction of sp³-hybridized carbons (Fsp3) is 0.286. The molecule has 82 valence electrons. The molecule has 0 heterocycles. The standard InChI is InChI=1S/C14H14O2/c1-2-3-6-10-9-13(15)11-7-4-5-8-12(11)14(10)16/h4-5,7-9H,2-3,6H2,1H3. The molecule has 2 nitrogen and oxygen atoms in total. The smallest absolute Gasteiger partial charge is 0.189 e. The summed E-state index contributed by atoms with van der Waals surface area (Å²) in [7, 11) is 0. The molecule has 1 aliphatic rings. The van der Waals surface area contributed by atoms with Crippen molar-refractivity contribution in [1.29, 1.82) is 0 Å². The molecule has 1 aromatic carbocycles. The van der Waals surface area contributed by atoms with Crippen LogP contribution in [0.3, 0.4) is 0 Å². The molecule has 0 bridgehead atoms. The van der Waals surface area contributed by atoms with Crippen molar-refractivity contribution in [1.82, 2.24) is 0 Å². The maximum atomic E-state index is 12.0. The van der Waals surface area contributed by atoms with Crippen LogP contribution < -0.4 is 0 Å².